The highest BCUT2D eigenvalue weighted by Crippen LogP contribution is 2.34. The highest BCUT2D eigenvalue weighted by molar-refractivity contribution is 14.0. The summed E-state index contributed by atoms with van der Waals surface area (Å²) in [7, 11) is 1.86. The van der Waals surface area contributed by atoms with E-state index in [1.165, 1.54) is 12.8 Å². The first-order valence-corrected chi connectivity index (χ1v) is 24.2. The molecule has 2 atom stereocenters. The van der Waals surface area contributed by atoms with Crippen LogP contribution in [0.25, 0.3) is 0 Å². The highest BCUT2D eigenvalue weighted by Gasteiger charge is 2.45. The molecule has 0 bridgehead atoms. The number of anilines is 4. The van der Waals surface area contributed by atoms with Gasteiger partial charge in [-0.05, 0) is 119 Å². The number of pyridine rings is 1. The van der Waals surface area contributed by atoms with Gasteiger partial charge in [-0.3, -0.25) is 44.5 Å². The number of fused-ring (bicyclic) bond motifs is 2. The van der Waals surface area contributed by atoms with Crippen LogP contribution in [-0.4, -0.2) is 155 Å². The van der Waals surface area contributed by atoms with Gasteiger partial charge in [0.25, 0.3) is 17.7 Å². The molecule has 0 saturated carbocycles. The molecule has 0 spiro atoms. The molecule has 1 aromatic heterocycles. The molecule has 8 heterocycles. The van der Waals surface area contributed by atoms with E-state index in [4.69, 9.17) is 10.7 Å². The molecule has 5 amide bonds. The molecule has 372 valence electrons. The number of hydrazine groups is 2. The van der Waals surface area contributed by atoms with Crippen LogP contribution in [0, 0.1) is 17.2 Å². The summed E-state index contributed by atoms with van der Waals surface area (Å²) >= 11 is 0. The SMILES string of the molecule is CC1=C(C(=O)Nc2ccc(N)c(C(=N)c3ccnc(N4CCN(CC5CCN(CC6CCN(c7ccc8c(c7)C(=O)N(C7CCC(=O)NC7=O)C8=O)CC6)CC5)CC4)c3)c2)[C@@H](C)N2NNN=C2N1C.I.[HH]. The lowest BCUT2D eigenvalue weighted by atomic mass is 9.92. The second kappa shape index (κ2) is 20.3. The lowest BCUT2D eigenvalue weighted by molar-refractivity contribution is -0.136. The second-order valence-corrected chi connectivity index (χ2v) is 19.4. The Kier molecular flexibility index (Phi) is 14.1. The van der Waals surface area contributed by atoms with Crippen LogP contribution < -0.4 is 37.2 Å². The normalized spacial score (nSPS) is 22.7. The number of piperazine rings is 1. The number of nitrogen functional groups attached to an aromatic ring is 1. The topological polar surface area (TPSA) is 231 Å². The first-order chi connectivity index (χ1) is 33.3. The summed E-state index contributed by atoms with van der Waals surface area (Å²) in [4.78, 5) is 81.8. The number of nitrogens with zero attached hydrogens (tertiary/aromatic N) is 9. The van der Waals surface area contributed by atoms with Crippen molar-refractivity contribution in [1.29, 1.82) is 5.41 Å². The van der Waals surface area contributed by atoms with Gasteiger partial charge in [-0.1, -0.05) is 0 Å². The summed E-state index contributed by atoms with van der Waals surface area (Å²) in [6.07, 6.45) is 6.48. The van der Waals surface area contributed by atoms with E-state index in [0.717, 1.165) is 100 Å². The molecule has 0 aliphatic carbocycles. The Morgan fingerprint density at radius 1 is 0.843 bits per heavy atom. The van der Waals surface area contributed by atoms with Crippen LogP contribution in [-0.2, 0) is 14.4 Å². The summed E-state index contributed by atoms with van der Waals surface area (Å²) in [6, 6.07) is 13.2. The number of piperidine rings is 3. The average Bonchev–Trinajstić information content (AvgIpc) is 3.95. The van der Waals surface area contributed by atoms with Crippen molar-refractivity contribution in [3.63, 3.8) is 0 Å². The molecule has 7 N–H and O–H groups in total. The highest BCUT2D eigenvalue weighted by atomic mass is 127. The number of carbonyl (C=O) groups is 5. The molecule has 3 aromatic rings. The van der Waals surface area contributed by atoms with E-state index in [1.54, 1.807) is 41.5 Å². The Morgan fingerprint density at radius 3 is 2.24 bits per heavy atom. The van der Waals surface area contributed by atoms with E-state index in [1.807, 2.05) is 44.0 Å². The van der Waals surface area contributed by atoms with Crippen LogP contribution in [0.5, 0.6) is 0 Å². The fourth-order valence-corrected chi connectivity index (χ4v) is 11.1. The van der Waals surface area contributed by atoms with E-state index in [-0.39, 0.29) is 61.8 Å². The first kappa shape index (κ1) is 48.8. The van der Waals surface area contributed by atoms with E-state index >= 15 is 0 Å². The van der Waals surface area contributed by atoms with Crippen LogP contribution in [0.2, 0.25) is 0 Å². The number of likely N-dealkylation sites (tertiary alicyclic amines) is 1. The van der Waals surface area contributed by atoms with Crippen molar-refractivity contribution in [1.82, 2.24) is 46.0 Å². The Bertz CT molecular complexity index is 2660. The standard InChI is InChI=1S/C49H61N15O5.HI.H2/c1-29-43(30(2)64-49(58(29)3)55-56-57-64)46(67)53-34-4-7-39(50)38(25-34)44(51)33-10-15-52-41(24-33)62-22-20-60(21-23-62)28-31-11-16-59(17-12-31)27-32-13-18-61(19-14-32)35-5-6-36-37(26-35)48(69)63(47(36)68)40-8-9-42(65)54-45(40)66;;/h4-7,10,15,24-26,30-32,40,51,56-57H,8-9,11-14,16-23,27-28,50H2,1-3H3,(H,53,67)(H,54,65,66);2*1H/t30-,40?;;/m1../s1. The maximum atomic E-state index is 13.7. The van der Waals surface area contributed by atoms with Crippen LogP contribution in [0.15, 0.2) is 71.1 Å². The predicted octanol–water partition coefficient (Wildman–Crippen LogP) is 3.24. The van der Waals surface area contributed by atoms with Crippen LogP contribution in [0.4, 0.5) is 22.9 Å². The molecule has 70 heavy (non-hydrogen) atoms. The molecule has 0 radical (unpaired) electrons. The van der Waals surface area contributed by atoms with Gasteiger partial charge in [0.15, 0.2) is 0 Å². The number of guanidine groups is 1. The summed E-state index contributed by atoms with van der Waals surface area (Å²) < 4.78 is 0. The first-order valence-electron chi connectivity index (χ1n) is 24.2. The molecule has 21 heteroatoms. The monoisotopic (exact) mass is 1070 g/mol. The molecule has 10 rings (SSSR count). The summed E-state index contributed by atoms with van der Waals surface area (Å²) in [6.45, 7) is 13.6. The number of rotatable bonds is 11. The van der Waals surface area contributed by atoms with Crippen molar-refractivity contribution < 1.29 is 25.4 Å². The van der Waals surface area contributed by atoms with Crippen LogP contribution >= 0.6 is 24.0 Å². The molecule has 4 saturated heterocycles. The third-order valence-corrected chi connectivity index (χ3v) is 15.2. The van der Waals surface area contributed by atoms with Crippen molar-refractivity contribution in [2.45, 2.75) is 64.5 Å². The average molecular weight is 1070 g/mol. The van der Waals surface area contributed by atoms with E-state index in [9.17, 15) is 29.4 Å². The molecule has 2 aromatic carbocycles. The summed E-state index contributed by atoms with van der Waals surface area (Å²) in [5.41, 5.74) is 17.6. The fraction of sp³-hybridized carbons (Fsp3) is 0.469. The maximum absolute atomic E-state index is 13.7. The summed E-state index contributed by atoms with van der Waals surface area (Å²) in [5.74, 6) is 0.596. The van der Waals surface area contributed by atoms with Crippen molar-refractivity contribution in [3.05, 3.63) is 88.3 Å². The number of nitrogens with one attached hydrogen (secondary N) is 5. The van der Waals surface area contributed by atoms with E-state index in [2.05, 4.69) is 46.4 Å². The number of carbonyl (C=O) groups excluding carboxylic acids is 5. The lowest BCUT2D eigenvalue weighted by Gasteiger charge is -2.41. The van der Waals surface area contributed by atoms with Gasteiger partial charge < -0.3 is 30.7 Å². The largest absolute Gasteiger partial charge is 0.398 e. The third-order valence-electron chi connectivity index (χ3n) is 15.2. The Balaban J connectivity index is 0.00000338. The van der Waals surface area contributed by atoms with Gasteiger partial charge in [0.05, 0.1) is 28.5 Å². The van der Waals surface area contributed by atoms with Crippen LogP contribution in [0.1, 0.15) is 85.6 Å². The van der Waals surface area contributed by atoms with Crippen molar-refractivity contribution >= 4 is 88.1 Å². The summed E-state index contributed by atoms with van der Waals surface area (Å²) in [5, 5.41) is 20.6. The quantitative estimate of drug-likeness (QED) is 0.0701. The number of allylic oxidation sites excluding steroid dienone is 1. The number of aromatic nitrogens is 1. The molecular weight excluding hydrogens is 1010 g/mol. The molecule has 20 nitrogen and oxygen atoms in total. The number of halogens is 1. The third kappa shape index (κ3) is 9.54. The number of amides is 5. The van der Waals surface area contributed by atoms with Crippen molar-refractivity contribution in [3.8, 4) is 0 Å². The Labute approximate surface area is 425 Å². The second-order valence-electron chi connectivity index (χ2n) is 19.4. The fourth-order valence-electron chi connectivity index (χ4n) is 11.1. The minimum absolute atomic E-state index is 0. The molecule has 7 aliphatic heterocycles. The smallest absolute Gasteiger partial charge is 0.262 e. The Hall–Kier alpha value is -6.17. The van der Waals surface area contributed by atoms with Gasteiger partial charge in [-0.25, -0.2) is 15.5 Å². The molecular formula is C49H64IN15O5. The van der Waals surface area contributed by atoms with Crippen molar-refractivity contribution in [2.24, 2.45) is 16.9 Å². The van der Waals surface area contributed by atoms with Crippen LogP contribution in [0.3, 0.4) is 0 Å². The van der Waals surface area contributed by atoms with Crippen molar-refractivity contribution in [2.75, 3.05) is 93.3 Å². The number of hydrogen-bond acceptors (Lipinski definition) is 17. The number of hydrazone groups is 1. The molecule has 4 fully saturated rings. The minimum Gasteiger partial charge on any atom is -0.398 e. The number of hydrogen-bond donors (Lipinski definition) is 6. The molecule has 1 unspecified atom stereocenters. The zero-order chi connectivity index (χ0) is 48.1. The predicted molar refractivity (Wildman–Crippen MR) is 279 cm³/mol. The van der Waals surface area contributed by atoms with Gasteiger partial charge in [-0.15, -0.1) is 34.6 Å². The van der Waals surface area contributed by atoms with Gasteiger partial charge in [-0.2, -0.15) is 0 Å². The van der Waals surface area contributed by atoms with Gasteiger partial charge in [0, 0.05) is 107 Å². The van der Waals surface area contributed by atoms with E-state index in [0.29, 0.717) is 57.0 Å². The molecule has 7 aliphatic rings. The van der Waals surface area contributed by atoms with Gasteiger partial charge in [0.2, 0.25) is 17.8 Å². The van der Waals surface area contributed by atoms with E-state index < -0.39 is 23.8 Å². The zero-order valence-corrected chi connectivity index (χ0v) is 42.2. The van der Waals surface area contributed by atoms with Gasteiger partial charge >= 0.3 is 0 Å². The number of imide groups is 2. The zero-order valence-electron chi connectivity index (χ0n) is 39.9. The Morgan fingerprint density at radius 2 is 1.53 bits per heavy atom. The maximum Gasteiger partial charge on any atom is 0.262 e. The number of benzene rings is 2. The number of nitrogens with two attached hydrogens (primary N) is 1. The minimum atomic E-state index is -0.967. The lowest BCUT2D eigenvalue weighted by Crippen LogP contribution is -2.56. The van der Waals surface area contributed by atoms with Gasteiger partial charge in [0.1, 0.15) is 11.9 Å².